The van der Waals surface area contributed by atoms with Crippen LogP contribution in [0.1, 0.15) is 33.6 Å². The number of likely N-dealkylation sites (tertiary alicyclic amines) is 1. The van der Waals surface area contributed by atoms with Crippen molar-refractivity contribution < 1.29 is 37.1 Å². The molecule has 33 heavy (non-hydrogen) atoms. The second-order valence-corrected chi connectivity index (χ2v) is 10.3. The lowest BCUT2D eigenvalue weighted by molar-refractivity contribution is -0.162. The molecule has 1 aliphatic rings. The smallest absolute Gasteiger partial charge is 0.410 e. The van der Waals surface area contributed by atoms with Crippen molar-refractivity contribution in [2.45, 2.75) is 56.3 Å². The van der Waals surface area contributed by atoms with Crippen molar-refractivity contribution in [2.24, 2.45) is 5.92 Å². The first-order valence-corrected chi connectivity index (χ1v) is 11.9. The average molecular weight is 486 g/mol. The van der Waals surface area contributed by atoms with Gasteiger partial charge in [0.2, 0.25) is 6.41 Å². The molecule has 2 N–H and O–H groups in total. The minimum Gasteiger partial charge on any atom is -0.444 e. The molecule has 1 aromatic rings. The van der Waals surface area contributed by atoms with Crippen LogP contribution in [0.4, 0.5) is 4.79 Å². The lowest BCUT2D eigenvalue weighted by Crippen LogP contribution is -2.56. The zero-order valence-corrected chi connectivity index (χ0v) is 20.0. The van der Waals surface area contributed by atoms with Gasteiger partial charge in [0.25, 0.3) is 10.0 Å². The van der Waals surface area contributed by atoms with Crippen LogP contribution in [-0.4, -0.2) is 69.7 Å². The Kier molecular flexibility index (Phi) is 9.20. The zero-order chi connectivity index (χ0) is 24.6. The molecule has 1 aromatic carbocycles. The summed E-state index contributed by atoms with van der Waals surface area (Å²) in [6.45, 7) is 5.96. The topological polar surface area (TPSA) is 140 Å². The molecule has 1 saturated heterocycles. The van der Waals surface area contributed by atoms with Gasteiger partial charge in [-0.2, -0.15) is 0 Å². The maximum Gasteiger partial charge on any atom is 0.410 e. The van der Waals surface area contributed by atoms with Crippen LogP contribution >= 0.6 is 0 Å². The molecule has 184 valence electrons. The summed E-state index contributed by atoms with van der Waals surface area (Å²) in [5.41, 5.74) is -0.667. The highest BCUT2D eigenvalue weighted by atomic mass is 32.2. The molecule has 1 heterocycles. The third-order valence-electron chi connectivity index (χ3n) is 5.00. The van der Waals surface area contributed by atoms with Crippen molar-refractivity contribution in [1.82, 2.24) is 15.1 Å². The Morgan fingerprint density at radius 3 is 2.45 bits per heavy atom. The first-order chi connectivity index (χ1) is 15.5. The monoisotopic (exact) mass is 485 g/mol. The van der Waals surface area contributed by atoms with Crippen LogP contribution in [-0.2, 0) is 33.9 Å². The lowest BCUT2D eigenvalue weighted by atomic mass is 9.87. The predicted octanol–water partition coefficient (Wildman–Crippen LogP) is 1.20. The molecule has 0 spiro atoms. The van der Waals surface area contributed by atoms with Gasteiger partial charge >= 0.3 is 12.1 Å². The summed E-state index contributed by atoms with van der Waals surface area (Å²) >= 11 is 0. The molecular weight excluding hydrogens is 454 g/mol. The molecule has 1 fully saturated rings. The van der Waals surface area contributed by atoms with Crippen LogP contribution in [0.3, 0.4) is 0 Å². The van der Waals surface area contributed by atoms with Gasteiger partial charge in [0, 0.05) is 26.1 Å². The van der Waals surface area contributed by atoms with Crippen LogP contribution in [0.2, 0.25) is 0 Å². The summed E-state index contributed by atoms with van der Waals surface area (Å²) in [4.78, 5) is 44.4. The summed E-state index contributed by atoms with van der Waals surface area (Å²) in [6.07, 6.45) is -0.188. The largest absolute Gasteiger partial charge is 0.444 e. The lowest BCUT2D eigenvalue weighted by Gasteiger charge is -2.38. The van der Waals surface area contributed by atoms with Crippen molar-refractivity contribution in [3.8, 4) is 0 Å². The molecule has 0 aliphatic carbocycles. The number of hydrogen-bond donors (Lipinski definition) is 2. The van der Waals surface area contributed by atoms with Crippen molar-refractivity contribution in [3.63, 3.8) is 0 Å². The van der Waals surface area contributed by atoms with Gasteiger partial charge in [-0.3, -0.25) is 4.79 Å². The molecule has 0 aromatic heterocycles. The molecule has 1 aliphatic heterocycles. The highest BCUT2D eigenvalue weighted by Gasteiger charge is 2.40. The maximum atomic E-state index is 12.7. The van der Waals surface area contributed by atoms with Gasteiger partial charge in [0.1, 0.15) is 5.60 Å². The molecular formula is C21H31N3O8S. The van der Waals surface area contributed by atoms with E-state index in [1.165, 1.54) is 36.3 Å². The summed E-state index contributed by atoms with van der Waals surface area (Å²) in [5, 5.41) is 2.56. The van der Waals surface area contributed by atoms with E-state index in [1.807, 2.05) is 0 Å². The van der Waals surface area contributed by atoms with Gasteiger partial charge < -0.3 is 24.5 Å². The number of carbonyl (C=O) groups excluding carboxylic acids is 3. The Morgan fingerprint density at radius 2 is 1.88 bits per heavy atom. The average Bonchev–Trinajstić information content (AvgIpc) is 2.77. The van der Waals surface area contributed by atoms with Crippen molar-refractivity contribution in [2.75, 3.05) is 20.2 Å². The number of nitrogens with one attached hydrogen (secondary N) is 2. The number of methoxy groups -OCH3 is 1. The Bertz CT molecular complexity index is 917. The number of ether oxygens (including phenoxy) is 2. The third-order valence-corrected chi connectivity index (χ3v) is 6.19. The zero-order valence-electron chi connectivity index (χ0n) is 19.1. The fourth-order valence-corrected chi connectivity index (χ4v) is 4.34. The number of rotatable bonds is 9. The Morgan fingerprint density at radius 1 is 1.21 bits per heavy atom. The molecule has 2 amide bonds. The van der Waals surface area contributed by atoms with E-state index < -0.39 is 39.8 Å². The van der Waals surface area contributed by atoms with Gasteiger partial charge in [-0.1, -0.05) is 18.2 Å². The summed E-state index contributed by atoms with van der Waals surface area (Å²) in [5.74, 6) is -1.40. The minimum atomic E-state index is -4.11. The Hall–Kier alpha value is -2.70. The number of hydrogen-bond acceptors (Lipinski definition) is 8. The summed E-state index contributed by atoms with van der Waals surface area (Å²) < 4.78 is 35.3. The van der Waals surface area contributed by atoms with Crippen LogP contribution in [0.25, 0.3) is 0 Å². The number of piperidine rings is 1. The minimum absolute atomic E-state index is 0.0883. The summed E-state index contributed by atoms with van der Waals surface area (Å²) in [6, 6.07) is 6.51. The van der Waals surface area contributed by atoms with E-state index >= 15 is 0 Å². The van der Waals surface area contributed by atoms with E-state index in [1.54, 1.807) is 31.7 Å². The second-order valence-electron chi connectivity index (χ2n) is 8.62. The summed E-state index contributed by atoms with van der Waals surface area (Å²) in [7, 11) is -2.86. The van der Waals surface area contributed by atoms with Crippen molar-refractivity contribution >= 4 is 28.5 Å². The van der Waals surface area contributed by atoms with Gasteiger partial charge in [-0.25, -0.2) is 18.0 Å². The Balaban J connectivity index is 2.10. The molecule has 0 radical (unpaired) electrons. The molecule has 11 nitrogen and oxygen atoms in total. The first kappa shape index (κ1) is 26.6. The Labute approximate surface area is 193 Å². The van der Waals surface area contributed by atoms with E-state index in [2.05, 4.69) is 5.32 Å². The molecule has 0 saturated carbocycles. The molecule has 2 rings (SSSR count). The van der Waals surface area contributed by atoms with E-state index in [-0.39, 0.29) is 17.4 Å². The van der Waals surface area contributed by atoms with Gasteiger partial charge in [-0.05, 0) is 50.6 Å². The van der Waals surface area contributed by atoms with Crippen molar-refractivity contribution in [1.29, 1.82) is 0 Å². The molecule has 0 bridgehead atoms. The SMILES string of the molecule is COC(C(=O)ONS(=O)(=O)c1ccccc1)C(NC=O)C1CCCN(C(=O)OC(C)(C)C)C1. The van der Waals surface area contributed by atoms with E-state index in [0.29, 0.717) is 25.8 Å². The van der Waals surface area contributed by atoms with E-state index in [9.17, 15) is 22.8 Å². The first-order valence-electron chi connectivity index (χ1n) is 10.5. The van der Waals surface area contributed by atoms with E-state index in [0.717, 1.165) is 0 Å². The third kappa shape index (κ3) is 7.69. The van der Waals surface area contributed by atoms with Gasteiger partial charge in [-0.15, -0.1) is 0 Å². The van der Waals surface area contributed by atoms with Crippen LogP contribution in [0.15, 0.2) is 35.2 Å². The number of amides is 2. The molecule has 12 heteroatoms. The number of carbonyl (C=O) groups is 3. The highest BCUT2D eigenvalue weighted by Crippen LogP contribution is 2.25. The van der Waals surface area contributed by atoms with Gasteiger partial charge in [0.05, 0.1) is 10.9 Å². The normalized spacial score (nSPS) is 18.7. The maximum absolute atomic E-state index is 12.7. The van der Waals surface area contributed by atoms with Crippen LogP contribution < -0.4 is 10.2 Å². The fraction of sp³-hybridized carbons (Fsp3) is 0.571. The van der Waals surface area contributed by atoms with Crippen molar-refractivity contribution in [3.05, 3.63) is 30.3 Å². The molecule has 3 atom stereocenters. The van der Waals surface area contributed by atoms with Gasteiger partial charge in [0.15, 0.2) is 6.10 Å². The number of nitrogens with zero attached hydrogens (tertiary/aromatic N) is 1. The van der Waals surface area contributed by atoms with E-state index in [4.69, 9.17) is 14.3 Å². The standard InChI is InChI=1S/C21H31N3O8S/c1-21(2,3)31-20(27)24-12-8-9-15(13-24)17(22-14-25)18(30-4)19(26)32-23-33(28,29)16-10-6-5-7-11-16/h5-7,10-11,14-15,17-18,23H,8-9,12-13H2,1-4H3,(H,22,25). The second kappa shape index (κ2) is 11.4. The number of benzene rings is 1. The highest BCUT2D eigenvalue weighted by molar-refractivity contribution is 7.89. The number of sulfonamides is 1. The quantitative estimate of drug-likeness (QED) is 0.393. The van der Waals surface area contributed by atoms with Crippen LogP contribution in [0.5, 0.6) is 0 Å². The predicted molar refractivity (Wildman–Crippen MR) is 117 cm³/mol. The molecule has 3 unspecified atom stereocenters. The van der Waals surface area contributed by atoms with Crippen LogP contribution in [0, 0.1) is 5.92 Å². The fourth-order valence-electron chi connectivity index (χ4n) is 3.54.